The molecule has 38 heavy (non-hydrogen) atoms. The van der Waals surface area contributed by atoms with Crippen LogP contribution in [0.15, 0.2) is 42.9 Å². The molecule has 11 nitrogen and oxygen atoms in total. The second-order valence-electron chi connectivity index (χ2n) is 8.97. The summed E-state index contributed by atoms with van der Waals surface area (Å²) in [6.45, 7) is -0.0447. The zero-order chi connectivity index (χ0) is 26.9. The molecule has 1 amide bonds. The number of aliphatic hydroxyl groups is 2. The Balaban J connectivity index is 1.31. The molecule has 5 rings (SSSR count). The zero-order valence-corrected chi connectivity index (χ0v) is 19.9. The van der Waals surface area contributed by atoms with E-state index in [0.717, 1.165) is 12.1 Å². The van der Waals surface area contributed by atoms with Gasteiger partial charge in [0.2, 0.25) is 11.9 Å². The predicted molar refractivity (Wildman–Crippen MR) is 129 cm³/mol. The number of aromatic nitrogens is 4. The van der Waals surface area contributed by atoms with Crippen LogP contribution in [-0.4, -0.2) is 74.0 Å². The number of nitrogens with one attached hydrogen (secondary N) is 2. The lowest BCUT2D eigenvalue weighted by molar-refractivity contribution is -0.137. The molecule has 1 unspecified atom stereocenters. The molecule has 0 radical (unpaired) electrons. The van der Waals surface area contributed by atoms with E-state index in [4.69, 9.17) is 9.84 Å². The van der Waals surface area contributed by atoms with Crippen molar-refractivity contribution in [3.8, 4) is 17.1 Å². The summed E-state index contributed by atoms with van der Waals surface area (Å²) in [6.07, 6.45) is -0.103. The summed E-state index contributed by atoms with van der Waals surface area (Å²) in [5, 5.41) is 24.2. The van der Waals surface area contributed by atoms with Crippen LogP contribution in [-0.2, 0) is 11.0 Å². The molecule has 2 aliphatic rings. The molecule has 1 fully saturated rings. The fourth-order valence-corrected chi connectivity index (χ4v) is 4.38. The molecule has 4 N–H and O–H groups in total. The van der Waals surface area contributed by atoms with Crippen LogP contribution >= 0.6 is 0 Å². The maximum absolute atomic E-state index is 13.2. The molecule has 2 aromatic heterocycles. The Morgan fingerprint density at radius 2 is 2.00 bits per heavy atom. The molecule has 3 atom stereocenters. The number of ether oxygens (including phenoxy) is 1. The highest BCUT2D eigenvalue weighted by Crippen LogP contribution is 2.38. The van der Waals surface area contributed by atoms with Gasteiger partial charge in [-0.2, -0.15) is 13.2 Å². The van der Waals surface area contributed by atoms with E-state index in [2.05, 4.69) is 30.6 Å². The van der Waals surface area contributed by atoms with Crippen molar-refractivity contribution >= 4 is 23.4 Å². The number of carbonyl (C=O) groups is 1. The molecule has 0 aliphatic carbocycles. The molecule has 0 saturated carbocycles. The first-order chi connectivity index (χ1) is 18.2. The molecule has 0 spiro atoms. The molecule has 2 bridgehead atoms. The number of hydrogen-bond acceptors (Lipinski definition) is 10. The third kappa shape index (κ3) is 5.45. The fraction of sp³-hybridized carbons (Fsp3) is 0.375. The largest absolute Gasteiger partial charge is 0.488 e. The van der Waals surface area contributed by atoms with Gasteiger partial charge in [0.1, 0.15) is 18.8 Å². The number of fused-ring (bicyclic) bond motifs is 4. The number of alkyl halides is 3. The van der Waals surface area contributed by atoms with Gasteiger partial charge >= 0.3 is 6.18 Å². The van der Waals surface area contributed by atoms with Crippen LogP contribution in [0.2, 0.25) is 0 Å². The standard InChI is InChI=1S/C24H24F3N7O4/c25-24(26,27)14-3-1-2-13(6-14)20-28-9-19-21(32-20)31-15-4-5-18(34(19)10-15)22(37)33-23-29-7-17(8-30-23)38-12-16(36)11-35/h1-3,6-9,15-16,18,35-36H,4-5,10-12H2,(H,28,31,32)(H,29,30,33,37)/t15-,16-,18?/m0/s1. The number of benzene rings is 1. The van der Waals surface area contributed by atoms with Crippen molar-refractivity contribution in [3.05, 3.63) is 48.4 Å². The Labute approximate surface area is 214 Å². The molecular formula is C24H24F3N7O4. The normalized spacial score (nSPS) is 19.2. The molecule has 200 valence electrons. The Morgan fingerprint density at radius 3 is 2.74 bits per heavy atom. The van der Waals surface area contributed by atoms with E-state index in [9.17, 15) is 23.1 Å². The number of aliphatic hydroxyl groups excluding tert-OH is 2. The Bertz CT molecular complexity index is 1310. The fourth-order valence-electron chi connectivity index (χ4n) is 4.38. The molecule has 3 aromatic rings. The van der Waals surface area contributed by atoms with Crippen molar-refractivity contribution in [2.24, 2.45) is 0 Å². The number of halogens is 3. The van der Waals surface area contributed by atoms with Gasteiger partial charge in [-0.3, -0.25) is 10.1 Å². The first kappa shape index (κ1) is 25.6. The summed E-state index contributed by atoms with van der Waals surface area (Å²) in [5.41, 5.74) is 0.0232. The van der Waals surface area contributed by atoms with E-state index in [0.29, 0.717) is 30.9 Å². The number of piperidine rings is 1. The van der Waals surface area contributed by atoms with Gasteiger partial charge in [-0.05, 0) is 25.0 Å². The summed E-state index contributed by atoms with van der Waals surface area (Å²) in [4.78, 5) is 31.9. The van der Waals surface area contributed by atoms with Crippen LogP contribution in [0, 0.1) is 0 Å². The molecule has 2 aliphatic heterocycles. The summed E-state index contributed by atoms with van der Waals surface area (Å²) < 4.78 is 44.7. The van der Waals surface area contributed by atoms with Crippen LogP contribution in [0.4, 0.5) is 30.6 Å². The van der Waals surface area contributed by atoms with Gasteiger partial charge in [-0.25, -0.2) is 19.9 Å². The summed E-state index contributed by atoms with van der Waals surface area (Å²) in [6, 6.07) is 4.28. The lowest BCUT2D eigenvalue weighted by atomic mass is 9.94. The van der Waals surface area contributed by atoms with E-state index in [-0.39, 0.29) is 41.6 Å². The monoisotopic (exact) mass is 531 g/mol. The van der Waals surface area contributed by atoms with E-state index in [1.807, 2.05) is 4.90 Å². The van der Waals surface area contributed by atoms with Crippen molar-refractivity contribution in [2.45, 2.75) is 37.2 Å². The number of anilines is 3. The van der Waals surface area contributed by atoms with Gasteiger partial charge in [-0.15, -0.1) is 0 Å². The highest BCUT2D eigenvalue weighted by molar-refractivity contribution is 5.96. The average molecular weight is 531 g/mol. The number of carbonyl (C=O) groups excluding carboxylic acids is 1. The third-order valence-electron chi connectivity index (χ3n) is 6.27. The van der Waals surface area contributed by atoms with Crippen LogP contribution in [0.3, 0.4) is 0 Å². The smallest absolute Gasteiger partial charge is 0.416 e. The van der Waals surface area contributed by atoms with Gasteiger partial charge < -0.3 is 25.2 Å². The predicted octanol–water partition coefficient (Wildman–Crippen LogP) is 2.09. The van der Waals surface area contributed by atoms with Crippen LogP contribution in [0.1, 0.15) is 18.4 Å². The second-order valence-corrected chi connectivity index (χ2v) is 8.97. The quantitative estimate of drug-likeness (QED) is 0.358. The highest BCUT2D eigenvalue weighted by atomic mass is 19.4. The van der Waals surface area contributed by atoms with Crippen LogP contribution in [0.25, 0.3) is 11.4 Å². The minimum atomic E-state index is -4.48. The third-order valence-corrected chi connectivity index (χ3v) is 6.27. The summed E-state index contributed by atoms with van der Waals surface area (Å²) in [5.74, 6) is 0.595. The van der Waals surface area contributed by atoms with Crippen LogP contribution < -0.4 is 20.3 Å². The number of rotatable bonds is 7. The Hall–Kier alpha value is -4.04. The molecule has 1 aromatic carbocycles. The molecule has 1 saturated heterocycles. The van der Waals surface area contributed by atoms with Crippen molar-refractivity contribution in [1.82, 2.24) is 19.9 Å². The van der Waals surface area contributed by atoms with Gasteiger partial charge in [0.05, 0.1) is 36.4 Å². The van der Waals surface area contributed by atoms with Crippen molar-refractivity contribution in [1.29, 1.82) is 0 Å². The minimum Gasteiger partial charge on any atom is -0.488 e. The topological polar surface area (TPSA) is 146 Å². The number of hydrogen-bond donors (Lipinski definition) is 4. The van der Waals surface area contributed by atoms with E-state index < -0.39 is 30.5 Å². The second kappa shape index (κ2) is 10.4. The first-order valence-electron chi connectivity index (χ1n) is 11.8. The highest BCUT2D eigenvalue weighted by Gasteiger charge is 2.39. The lowest BCUT2D eigenvalue weighted by Crippen LogP contribution is -2.56. The number of amides is 1. The first-order valence-corrected chi connectivity index (χ1v) is 11.8. The van der Waals surface area contributed by atoms with Crippen LogP contribution in [0.5, 0.6) is 5.75 Å². The summed E-state index contributed by atoms with van der Waals surface area (Å²) >= 11 is 0. The van der Waals surface area contributed by atoms with Gasteiger partial charge in [0.15, 0.2) is 17.4 Å². The minimum absolute atomic E-state index is 0.0118. The Kier molecular flexibility index (Phi) is 6.99. The molecule has 14 heteroatoms. The van der Waals surface area contributed by atoms with Gasteiger partial charge in [0.25, 0.3) is 0 Å². The molecular weight excluding hydrogens is 507 g/mol. The SMILES string of the molecule is O=C(Nc1ncc(OC[C@@H](O)CO)cn1)C1CC[C@H]2CN1c1cnc(-c3cccc(C(F)(F)F)c3)nc1N2. The zero-order valence-electron chi connectivity index (χ0n) is 19.9. The summed E-state index contributed by atoms with van der Waals surface area (Å²) in [7, 11) is 0. The van der Waals surface area contributed by atoms with Gasteiger partial charge in [-0.1, -0.05) is 12.1 Å². The van der Waals surface area contributed by atoms with E-state index >= 15 is 0 Å². The number of nitrogens with zero attached hydrogens (tertiary/aromatic N) is 5. The maximum atomic E-state index is 13.2. The maximum Gasteiger partial charge on any atom is 0.416 e. The van der Waals surface area contributed by atoms with Crippen molar-refractivity contribution < 1.29 is 32.9 Å². The van der Waals surface area contributed by atoms with E-state index in [1.54, 1.807) is 0 Å². The van der Waals surface area contributed by atoms with Crippen molar-refractivity contribution in [2.75, 3.05) is 35.3 Å². The van der Waals surface area contributed by atoms with E-state index in [1.165, 1.54) is 30.7 Å². The average Bonchev–Trinajstić information content (AvgIpc) is 2.92. The van der Waals surface area contributed by atoms with Crippen molar-refractivity contribution in [3.63, 3.8) is 0 Å². The Morgan fingerprint density at radius 1 is 1.21 bits per heavy atom. The lowest BCUT2D eigenvalue weighted by Gasteiger charge is -2.44. The molecule has 4 heterocycles. The van der Waals surface area contributed by atoms with Gasteiger partial charge in [0, 0.05) is 18.2 Å².